The van der Waals surface area contributed by atoms with Crippen molar-refractivity contribution in [3.8, 4) is 5.75 Å². The molecule has 1 fully saturated rings. The summed E-state index contributed by atoms with van der Waals surface area (Å²) in [6.45, 7) is 4.07. The standard InChI is InChI=1S/C13H19NO/c1-9-7-11(15)8-10(2)12(9)13(14)5-3-4-6-13/h7-8,15H,3-6,14H2,1-2H3. The van der Waals surface area contributed by atoms with Crippen LogP contribution in [-0.4, -0.2) is 5.11 Å². The van der Waals surface area contributed by atoms with Crippen LogP contribution in [0.5, 0.6) is 5.75 Å². The monoisotopic (exact) mass is 205 g/mol. The van der Waals surface area contributed by atoms with E-state index in [0.29, 0.717) is 5.75 Å². The topological polar surface area (TPSA) is 46.2 Å². The van der Waals surface area contributed by atoms with E-state index in [2.05, 4.69) is 0 Å². The first kappa shape index (κ1) is 10.5. The van der Waals surface area contributed by atoms with Crippen molar-refractivity contribution in [3.05, 3.63) is 28.8 Å². The fraction of sp³-hybridized carbons (Fsp3) is 0.538. The van der Waals surface area contributed by atoms with Crippen molar-refractivity contribution >= 4 is 0 Å². The maximum absolute atomic E-state index is 9.50. The van der Waals surface area contributed by atoms with Gasteiger partial charge in [0.05, 0.1) is 0 Å². The lowest BCUT2D eigenvalue weighted by Gasteiger charge is -2.28. The van der Waals surface area contributed by atoms with Crippen molar-refractivity contribution in [2.45, 2.75) is 45.1 Å². The maximum atomic E-state index is 9.50. The number of phenols is 1. The minimum atomic E-state index is -0.151. The van der Waals surface area contributed by atoms with E-state index >= 15 is 0 Å². The number of nitrogens with two attached hydrogens (primary N) is 1. The van der Waals surface area contributed by atoms with Crippen LogP contribution < -0.4 is 5.73 Å². The molecule has 1 aliphatic carbocycles. The van der Waals surface area contributed by atoms with Gasteiger partial charge in [-0.15, -0.1) is 0 Å². The molecule has 82 valence electrons. The highest BCUT2D eigenvalue weighted by Gasteiger charge is 2.33. The molecule has 2 heteroatoms. The molecule has 0 amide bonds. The third-order valence-electron chi connectivity index (χ3n) is 3.51. The van der Waals surface area contributed by atoms with Gasteiger partial charge in [0, 0.05) is 5.54 Å². The summed E-state index contributed by atoms with van der Waals surface area (Å²) in [4.78, 5) is 0. The minimum absolute atomic E-state index is 0.151. The number of hydrogen-bond acceptors (Lipinski definition) is 2. The Morgan fingerprint density at radius 2 is 1.60 bits per heavy atom. The predicted molar refractivity (Wildman–Crippen MR) is 61.9 cm³/mol. The van der Waals surface area contributed by atoms with Crippen molar-refractivity contribution in [3.63, 3.8) is 0 Å². The summed E-state index contributed by atoms with van der Waals surface area (Å²) in [5.41, 5.74) is 9.79. The van der Waals surface area contributed by atoms with Crippen LogP contribution in [0.2, 0.25) is 0 Å². The smallest absolute Gasteiger partial charge is 0.116 e. The molecule has 0 aliphatic heterocycles. The maximum Gasteiger partial charge on any atom is 0.116 e. The zero-order chi connectivity index (χ0) is 11.1. The summed E-state index contributed by atoms with van der Waals surface area (Å²) in [6, 6.07) is 3.63. The van der Waals surface area contributed by atoms with Gasteiger partial charge in [0.15, 0.2) is 0 Å². The average molecular weight is 205 g/mol. The van der Waals surface area contributed by atoms with Crippen molar-refractivity contribution in [2.75, 3.05) is 0 Å². The molecule has 3 N–H and O–H groups in total. The van der Waals surface area contributed by atoms with Gasteiger partial charge in [0.1, 0.15) is 5.75 Å². The average Bonchev–Trinajstić information content (AvgIpc) is 2.50. The molecule has 1 aromatic rings. The summed E-state index contributed by atoms with van der Waals surface area (Å²) in [5.74, 6) is 0.343. The number of aryl methyl sites for hydroxylation is 2. The third kappa shape index (κ3) is 1.74. The summed E-state index contributed by atoms with van der Waals surface area (Å²) in [5, 5.41) is 9.50. The normalized spacial score (nSPS) is 19.4. The third-order valence-corrected chi connectivity index (χ3v) is 3.51. The number of phenolic OH excluding ortho intramolecular Hbond substituents is 1. The molecule has 1 saturated carbocycles. The van der Waals surface area contributed by atoms with Gasteiger partial charge in [-0.05, 0) is 55.5 Å². The summed E-state index contributed by atoms with van der Waals surface area (Å²) in [6.07, 6.45) is 4.57. The van der Waals surface area contributed by atoms with Crippen molar-refractivity contribution in [2.24, 2.45) is 5.73 Å². The van der Waals surface area contributed by atoms with Crippen LogP contribution in [0.3, 0.4) is 0 Å². The fourth-order valence-electron chi connectivity index (χ4n) is 2.98. The molecule has 0 saturated heterocycles. The van der Waals surface area contributed by atoms with E-state index in [1.807, 2.05) is 26.0 Å². The molecule has 1 aliphatic rings. The summed E-state index contributed by atoms with van der Waals surface area (Å²) >= 11 is 0. The van der Waals surface area contributed by atoms with E-state index in [4.69, 9.17) is 5.73 Å². The van der Waals surface area contributed by atoms with Crippen LogP contribution >= 0.6 is 0 Å². The minimum Gasteiger partial charge on any atom is -0.508 e. The Hall–Kier alpha value is -1.02. The SMILES string of the molecule is Cc1cc(O)cc(C)c1C1(N)CCCC1. The summed E-state index contributed by atoms with van der Waals surface area (Å²) in [7, 11) is 0. The number of aromatic hydroxyl groups is 1. The van der Waals surface area contributed by atoms with Crippen LogP contribution in [0.4, 0.5) is 0 Å². The van der Waals surface area contributed by atoms with Crippen LogP contribution in [0.15, 0.2) is 12.1 Å². The van der Waals surface area contributed by atoms with Gasteiger partial charge in [-0.3, -0.25) is 0 Å². The highest BCUT2D eigenvalue weighted by Crippen LogP contribution is 2.40. The summed E-state index contributed by atoms with van der Waals surface area (Å²) < 4.78 is 0. The molecule has 0 atom stereocenters. The van der Waals surface area contributed by atoms with E-state index in [9.17, 15) is 5.11 Å². The van der Waals surface area contributed by atoms with Gasteiger partial charge in [-0.2, -0.15) is 0 Å². The Labute approximate surface area is 91.1 Å². The lowest BCUT2D eigenvalue weighted by Crippen LogP contribution is -2.34. The zero-order valence-corrected chi connectivity index (χ0v) is 9.51. The molecule has 15 heavy (non-hydrogen) atoms. The van der Waals surface area contributed by atoms with Gasteiger partial charge in [-0.25, -0.2) is 0 Å². The van der Waals surface area contributed by atoms with Gasteiger partial charge in [0.25, 0.3) is 0 Å². The van der Waals surface area contributed by atoms with E-state index in [-0.39, 0.29) is 5.54 Å². The number of rotatable bonds is 1. The molecular formula is C13H19NO. The lowest BCUT2D eigenvalue weighted by atomic mass is 9.83. The van der Waals surface area contributed by atoms with Crippen LogP contribution in [0, 0.1) is 13.8 Å². The largest absolute Gasteiger partial charge is 0.508 e. The van der Waals surface area contributed by atoms with Gasteiger partial charge >= 0.3 is 0 Å². The molecule has 1 aromatic carbocycles. The quantitative estimate of drug-likeness (QED) is 0.740. The zero-order valence-electron chi connectivity index (χ0n) is 9.51. The second-order valence-corrected chi connectivity index (χ2v) is 4.82. The Balaban J connectivity index is 2.52. The molecule has 2 nitrogen and oxygen atoms in total. The highest BCUT2D eigenvalue weighted by molar-refractivity contribution is 5.44. The van der Waals surface area contributed by atoms with E-state index in [0.717, 1.165) is 24.0 Å². The van der Waals surface area contributed by atoms with E-state index < -0.39 is 0 Å². The molecule has 0 aromatic heterocycles. The molecule has 2 rings (SSSR count). The second-order valence-electron chi connectivity index (χ2n) is 4.82. The van der Waals surface area contributed by atoms with Gasteiger partial charge in [-0.1, -0.05) is 12.8 Å². The number of hydrogen-bond donors (Lipinski definition) is 2. The first-order chi connectivity index (χ1) is 7.03. The first-order valence-electron chi connectivity index (χ1n) is 5.62. The van der Waals surface area contributed by atoms with Crippen molar-refractivity contribution < 1.29 is 5.11 Å². The van der Waals surface area contributed by atoms with Gasteiger partial charge < -0.3 is 10.8 Å². The first-order valence-corrected chi connectivity index (χ1v) is 5.62. The lowest BCUT2D eigenvalue weighted by molar-refractivity contribution is 0.449. The Bertz CT molecular complexity index is 355. The van der Waals surface area contributed by atoms with Crippen molar-refractivity contribution in [1.82, 2.24) is 0 Å². The van der Waals surface area contributed by atoms with Crippen molar-refractivity contribution in [1.29, 1.82) is 0 Å². The van der Waals surface area contributed by atoms with Crippen LogP contribution in [-0.2, 0) is 5.54 Å². The molecule has 0 spiro atoms. The molecular weight excluding hydrogens is 186 g/mol. The van der Waals surface area contributed by atoms with E-state index in [1.54, 1.807) is 0 Å². The van der Waals surface area contributed by atoms with Crippen LogP contribution in [0.25, 0.3) is 0 Å². The fourth-order valence-corrected chi connectivity index (χ4v) is 2.98. The van der Waals surface area contributed by atoms with E-state index in [1.165, 1.54) is 18.4 Å². The molecule has 0 heterocycles. The molecule has 0 radical (unpaired) electrons. The predicted octanol–water partition coefficient (Wildman–Crippen LogP) is 2.74. The highest BCUT2D eigenvalue weighted by atomic mass is 16.3. The Kier molecular flexibility index (Phi) is 2.47. The number of benzene rings is 1. The van der Waals surface area contributed by atoms with Gasteiger partial charge in [0.2, 0.25) is 0 Å². The molecule has 0 bridgehead atoms. The van der Waals surface area contributed by atoms with Crippen LogP contribution in [0.1, 0.15) is 42.4 Å². The Morgan fingerprint density at radius 3 is 2.07 bits per heavy atom. The molecule has 0 unspecified atom stereocenters. The second kappa shape index (κ2) is 3.53. The Morgan fingerprint density at radius 1 is 1.13 bits per heavy atom.